The van der Waals surface area contributed by atoms with Crippen molar-refractivity contribution in [1.29, 1.82) is 0 Å². The van der Waals surface area contributed by atoms with Gasteiger partial charge in [0.2, 0.25) is 5.91 Å². The molecule has 8 heteroatoms. The molecule has 130 valence electrons. The average Bonchev–Trinajstić information content (AvgIpc) is 2.39. The first-order valence-electron chi connectivity index (χ1n) is 7.86. The third kappa shape index (κ3) is 6.78. The molecule has 1 N–H and O–H groups in total. The van der Waals surface area contributed by atoms with Gasteiger partial charge in [-0.2, -0.15) is 0 Å². The van der Waals surface area contributed by atoms with Crippen LogP contribution in [0.5, 0.6) is 0 Å². The molecule has 0 aromatic rings. The summed E-state index contributed by atoms with van der Waals surface area (Å²) in [5.74, 6) is 0.225. The van der Waals surface area contributed by atoms with Gasteiger partial charge in [0, 0.05) is 31.5 Å². The number of ether oxygens (including phenoxy) is 1. The van der Waals surface area contributed by atoms with Crippen molar-refractivity contribution in [2.75, 3.05) is 14.1 Å². The molecule has 1 rings (SSSR count). The van der Waals surface area contributed by atoms with E-state index in [1.54, 1.807) is 39.8 Å². The van der Waals surface area contributed by atoms with Crippen LogP contribution in [0.15, 0.2) is 5.11 Å². The number of hydrogen-bond donors (Lipinski definition) is 1. The summed E-state index contributed by atoms with van der Waals surface area (Å²) in [5, 5.41) is 6.57. The van der Waals surface area contributed by atoms with Crippen LogP contribution in [0.25, 0.3) is 10.4 Å². The number of nitrogens with one attached hydrogen (secondary N) is 1. The summed E-state index contributed by atoms with van der Waals surface area (Å²) >= 11 is 0. The Bertz CT molecular complexity index is 480. The van der Waals surface area contributed by atoms with E-state index >= 15 is 0 Å². The average molecular weight is 325 g/mol. The summed E-state index contributed by atoms with van der Waals surface area (Å²) in [6.07, 6.45) is 1.96. The third-order valence-corrected chi connectivity index (χ3v) is 3.79. The minimum atomic E-state index is -0.590. The SMILES string of the molecule is CN(C)C(=O)C[C@H]1CC[C@@H](N=[N+]=[N-])[C@H](NC(=O)OC(C)(C)C)C1. The normalized spacial score (nSPS) is 24.3. The van der Waals surface area contributed by atoms with Gasteiger partial charge in [0.05, 0.1) is 6.04 Å². The molecule has 0 unspecified atom stereocenters. The number of carbonyl (C=O) groups excluding carboxylic acids is 2. The maximum atomic E-state index is 12.0. The van der Waals surface area contributed by atoms with Gasteiger partial charge in [0.15, 0.2) is 0 Å². The number of amides is 2. The quantitative estimate of drug-likeness (QED) is 0.487. The Morgan fingerprint density at radius 2 is 2.00 bits per heavy atom. The Morgan fingerprint density at radius 1 is 1.35 bits per heavy atom. The van der Waals surface area contributed by atoms with Crippen molar-refractivity contribution >= 4 is 12.0 Å². The number of carbonyl (C=O) groups is 2. The first-order chi connectivity index (χ1) is 10.6. The number of hydrogen-bond acceptors (Lipinski definition) is 4. The Balaban J connectivity index is 2.70. The topological polar surface area (TPSA) is 107 Å². The van der Waals surface area contributed by atoms with Crippen LogP contribution in [0, 0.1) is 5.92 Å². The van der Waals surface area contributed by atoms with E-state index in [9.17, 15) is 9.59 Å². The summed E-state index contributed by atoms with van der Waals surface area (Å²) in [5.41, 5.74) is 8.10. The molecule has 0 heterocycles. The Morgan fingerprint density at radius 3 is 2.52 bits per heavy atom. The molecule has 1 aliphatic carbocycles. The Hall–Kier alpha value is -1.95. The minimum absolute atomic E-state index is 0.0632. The zero-order chi connectivity index (χ0) is 17.6. The van der Waals surface area contributed by atoms with E-state index < -0.39 is 11.7 Å². The number of alkyl carbamates (subject to hydrolysis) is 1. The van der Waals surface area contributed by atoms with Crippen molar-refractivity contribution in [2.24, 2.45) is 11.0 Å². The summed E-state index contributed by atoms with van der Waals surface area (Å²) in [4.78, 5) is 28.3. The maximum Gasteiger partial charge on any atom is 0.407 e. The fraction of sp³-hybridized carbons (Fsp3) is 0.867. The molecule has 8 nitrogen and oxygen atoms in total. The summed E-state index contributed by atoms with van der Waals surface area (Å²) in [7, 11) is 3.45. The predicted molar refractivity (Wildman–Crippen MR) is 86.7 cm³/mol. The molecular weight excluding hydrogens is 298 g/mol. The molecule has 0 aromatic heterocycles. The van der Waals surface area contributed by atoms with Crippen LogP contribution >= 0.6 is 0 Å². The highest BCUT2D eigenvalue weighted by Crippen LogP contribution is 2.30. The van der Waals surface area contributed by atoms with Crippen molar-refractivity contribution in [1.82, 2.24) is 10.2 Å². The van der Waals surface area contributed by atoms with Crippen molar-refractivity contribution < 1.29 is 14.3 Å². The number of nitrogens with zero attached hydrogens (tertiary/aromatic N) is 4. The molecule has 0 bridgehead atoms. The molecular formula is C15H27N5O3. The zero-order valence-corrected chi connectivity index (χ0v) is 14.6. The van der Waals surface area contributed by atoms with E-state index in [0.717, 1.165) is 6.42 Å². The van der Waals surface area contributed by atoms with Crippen LogP contribution in [0.2, 0.25) is 0 Å². The molecule has 2 amide bonds. The van der Waals surface area contributed by atoms with Crippen molar-refractivity contribution in [3.05, 3.63) is 10.4 Å². The van der Waals surface area contributed by atoms with Crippen molar-refractivity contribution in [2.45, 2.75) is 64.1 Å². The monoisotopic (exact) mass is 325 g/mol. The Kier molecular flexibility index (Phi) is 6.69. The lowest BCUT2D eigenvalue weighted by Crippen LogP contribution is -2.48. The molecule has 1 aliphatic rings. The zero-order valence-electron chi connectivity index (χ0n) is 14.6. The van der Waals surface area contributed by atoms with Gasteiger partial charge < -0.3 is 15.0 Å². The molecule has 0 aliphatic heterocycles. The molecule has 0 saturated heterocycles. The highest BCUT2D eigenvalue weighted by atomic mass is 16.6. The molecule has 3 atom stereocenters. The molecule has 1 fully saturated rings. The number of rotatable bonds is 4. The lowest BCUT2D eigenvalue weighted by Gasteiger charge is -2.34. The fourth-order valence-electron chi connectivity index (χ4n) is 2.68. The van der Waals surface area contributed by atoms with Gasteiger partial charge in [0.1, 0.15) is 5.60 Å². The highest BCUT2D eigenvalue weighted by Gasteiger charge is 2.33. The van der Waals surface area contributed by atoms with Crippen LogP contribution in [-0.4, -0.2) is 48.7 Å². The van der Waals surface area contributed by atoms with Gasteiger partial charge in [-0.1, -0.05) is 5.11 Å². The van der Waals surface area contributed by atoms with Crippen LogP contribution in [-0.2, 0) is 9.53 Å². The van der Waals surface area contributed by atoms with Gasteiger partial charge in [-0.25, -0.2) is 4.79 Å². The summed E-state index contributed by atoms with van der Waals surface area (Å²) in [6, 6.07) is -0.618. The van der Waals surface area contributed by atoms with Crippen LogP contribution in [0.4, 0.5) is 4.79 Å². The van der Waals surface area contributed by atoms with E-state index in [1.165, 1.54) is 0 Å². The second-order valence-electron chi connectivity index (χ2n) is 7.20. The first-order valence-corrected chi connectivity index (χ1v) is 7.86. The second kappa shape index (κ2) is 8.06. The maximum absolute atomic E-state index is 12.0. The van der Waals surface area contributed by atoms with Gasteiger partial charge >= 0.3 is 6.09 Å². The Labute approximate surface area is 137 Å². The van der Waals surface area contributed by atoms with Crippen LogP contribution in [0.1, 0.15) is 46.5 Å². The van der Waals surface area contributed by atoms with E-state index in [0.29, 0.717) is 19.3 Å². The molecule has 0 aromatic carbocycles. The van der Waals surface area contributed by atoms with E-state index in [2.05, 4.69) is 15.3 Å². The summed E-state index contributed by atoms with van der Waals surface area (Å²) in [6.45, 7) is 5.37. The van der Waals surface area contributed by atoms with Crippen LogP contribution in [0.3, 0.4) is 0 Å². The van der Waals surface area contributed by atoms with E-state index in [1.807, 2.05) is 0 Å². The lowest BCUT2D eigenvalue weighted by atomic mass is 9.81. The van der Waals surface area contributed by atoms with Crippen molar-refractivity contribution in [3.8, 4) is 0 Å². The second-order valence-corrected chi connectivity index (χ2v) is 7.20. The number of azide groups is 1. The van der Waals surface area contributed by atoms with Gasteiger partial charge in [0.25, 0.3) is 0 Å². The fourth-order valence-corrected chi connectivity index (χ4v) is 2.68. The molecule has 0 spiro atoms. The smallest absolute Gasteiger partial charge is 0.407 e. The van der Waals surface area contributed by atoms with Gasteiger partial charge in [-0.15, -0.1) is 0 Å². The van der Waals surface area contributed by atoms with E-state index in [4.69, 9.17) is 10.3 Å². The molecule has 0 radical (unpaired) electrons. The van der Waals surface area contributed by atoms with Gasteiger partial charge in [-0.3, -0.25) is 4.79 Å². The minimum Gasteiger partial charge on any atom is -0.444 e. The van der Waals surface area contributed by atoms with Gasteiger partial charge in [-0.05, 0) is 51.5 Å². The lowest BCUT2D eigenvalue weighted by molar-refractivity contribution is -0.130. The van der Waals surface area contributed by atoms with Crippen molar-refractivity contribution in [3.63, 3.8) is 0 Å². The largest absolute Gasteiger partial charge is 0.444 e. The highest BCUT2D eigenvalue weighted by molar-refractivity contribution is 5.75. The molecule has 1 saturated carbocycles. The van der Waals surface area contributed by atoms with E-state index in [-0.39, 0.29) is 23.9 Å². The van der Waals surface area contributed by atoms with Crippen LogP contribution < -0.4 is 5.32 Å². The standard InChI is InChI=1S/C15H27N5O3/c1-15(2,3)23-14(22)17-12-8-10(9-13(21)20(4)5)6-7-11(12)18-19-16/h10-12H,6-9H2,1-5H3,(H,17,22)/t10-,11+,12+/m0/s1. The first kappa shape index (κ1) is 19.1. The third-order valence-electron chi connectivity index (χ3n) is 3.79. The molecule has 23 heavy (non-hydrogen) atoms. The predicted octanol–water partition coefficient (Wildman–Crippen LogP) is 2.84. The summed E-state index contributed by atoms with van der Waals surface area (Å²) < 4.78 is 5.26.